The molecule has 0 radical (unpaired) electrons. The first kappa shape index (κ1) is 13.9. The van der Waals surface area contributed by atoms with E-state index in [9.17, 15) is 0 Å². The number of rotatable bonds is 4. The Labute approximate surface area is 125 Å². The van der Waals surface area contributed by atoms with Crippen molar-refractivity contribution in [2.45, 2.75) is 39.2 Å². The number of para-hydroxylation sites is 1. The summed E-state index contributed by atoms with van der Waals surface area (Å²) in [4.78, 5) is 8.90. The van der Waals surface area contributed by atoms with E-state index in [0.29, 0.717) is 5.92 Å². The summed E-state index contributed by atoms with van der Waals surface area (Å²) in [6.45, 7) is 6.94. The molecule has 1 aromatic carbocycles. The van der Waals surface area contributed by atoms with Crippen molar-refractivity contribution >= 4 is 5.82 Å². The van der Waals surface area contributed by atoms with Crippen LogP contribution in [0.4, 0.5) is 5.82 Å². The van der Waals surface area contributed by atoms with Crippen LogP contribution in [0.5, 0.6) is 5.75 Å². The minimum Gasteiger partial charge on any atom is -0.493 e. The minimum atomic E-state index is 0.257. The molecule has 0 spiro atoms. The number of benzene rings is 1. The summed E-state index contributed by atoms with van der Waals surface area (Å²) in [5.74, 6) is 3.06. The van der Waals surface area contributed by atoms with Crippen molar-refractivity contribution in [1.82, 2.24) is 9.97 Å². The van der Waals surface area contributed by atoms with Gasteiger partial charge in [0.25, 0.3) is 0 Å². The Bertz CT molecular complexity index is 642. The number of nitrogens with one attached hydrogen (secondary N) is 1. The summed E-state index contributed by atoms with van der Waals surface area (Å²) in [5, 5.41) is 3.51. The first-order chi connectivity index (χ1) is 10.2. The summed E-state index contributed by atoms with van der Waals surface area (Å²) in [7, 11) is 0. The van der Waals surface area contributed by atoms with Crippen LogP contribution in [0, 0.1) is 6.92 Å². The van der Waals surface area contributed by atoms with Crippen LogP contribution < -0.4 is 10.1 Å². The zero-order chi connectivity index (χ0) is 14.8. The summed E-state index contributed by atoms with van der Waals surface area (Å²) >= 11 is 0. The van der Waals surface area contributed by atoms with E-state index in [2.05, 4.69) is 41.3 Å². The lowest BCUT2D eigenvalue weighted by atomic mass is 9.94. The fourth-order valence-electron chi connectivity index (χ4n) is 2.82. The van der Waals surface area contributed by atoms with E-state index in [4.69, 9.17) is 4.74 Å². The predicted molar refractivity (Wildman–Crippen MR) is 83.9 cm³/mol. The highest BCUT2D eigenvalue weighted by Crippen LogP contribution is 2.36. The SMILES string of the molecule is CCc1cc(NC(C)C2COc3ccccc32)nc(C)n1. The van der Waals surface area contributed by atoms with Gasteiger partial charge in [0.1, 0.15) is 17.4 Å². The molecular weight excluding hydrogens is 262 g/mol. The second-order valence-electron chi connectivity index (χ2n) is 5.53. The minimum absolute atomic E-state index is 0.257. The second kappa shape index (κ2) is 5.72. The number of ether oxygens (including phenoxy) is 1. The Morgan fingerprint density at radius 1 is 1.33 bits per heavy atom. The summed E-state index contributed by atoms with van der Waals surface area (Å²) in [6, 6.07) is 10.6. The first-order valence-corrected chi connectivity index (χ1v) is 7.50. The van der Waals surface area contributed by atoms with E-state index in [0.717, 1.165) is 36.1 Å². The third kappa shape index (κ3) is 2.84. The molecule has 3 rings (SSSR count). The summed E-state index contributed by atoms with van der Waals surface area (Å²) in [6.07, 6.45) is 0.918. The number of hydrogen-bond acceptors (Lipinski definition) is 4. The van der Waals surface area contributed by atoms with Crippen molar-refractivity contribution in [3.05, 3.63) is 47.4 Å². The van der Waals surface area contributed by atoms with Gasteiger partial charge < -0.3 is 10.1 Å². The highest BCUT2D eigenvalue weighted by Gasteiger charge is 2.28. The molecule has 0 bridgehead atoms. The zero-order valence-electron chi connectivity index (χ0n) is 12.8. The zero-order valence-corrected chi connectivity index (χ0v) is 12.8. The van der Waals surface area contributed by atoms with Gasteiger partial charge in [-0.2, -0.15) is 0 Å². The van der Waals surface area contributed by atoms with Gasteiger partial charge in [-0.3, -0.25) is 0 Å². The van der Waals surface area contributed by atoms with E-state index in [1.807, 2.05) is 25.1 Å². The number of anilines is 1. The third-order valence-corrected chi connectivity index (χ3v) is 3.97. The molecule has 2 unspecified atom stereocenters. The molecule has 110 valence electrons. The van der Waals surface area contributed by atoms with Gasteiger partial charge in [0.2, 0.25) is 0 Å². The van der Waals surface area contributed by atoms with Crippen LogP contribution in [0.2, 0.25) is 0 Å². The molecule has 1 N–H and O–H groups in total. The van der Waals surface area contributed by atoms with E-state index in [1.165, 1.54) is 5.56 Å². The molecular formula is C17H21N3O. The van der Waals surface area contributed by atoms with Crippen LogP contribution in [0.25, 0.3) is 0 Å². The van der Waals surface area contributed by atoms with Gasteiger partial charge in [-0.25, -0.2) is 9.97 Å². The van der Waals surface area contributed by atoms with Gasteiger partial charge in [-0.05, 0) is 26.3 Å². The van der Waals surface area contributed by atoms with E-state index in [-0.39, 0.29) is 6.04 Å². The van der Waals surface area contributed by atoms with Gasteiger partial charge in [-0.15, -0.1) is 0 Å². The molecule has 0 aliphatic carbocycles. The molecule has 2 aromatic rings. The molecule has 2 heterocycles. The Hall–Kier alpha value is -2.10. The second-order valence-corrected chi connectivity index (χ2v) is 5.53. The molecule has 0 saturated heterocycles. The average molecular weight is 283 g/mol. The highest BCUT2D eigenvalue weighted by molar-refractivity contribution is 5.44. The monoisotopic (exact) mass is 283 g/mol. The van der Waals surface area contributed by atoms with Crippen molar-refractivity contribution in [2.24, 2.45) is 0 Å². The molecule has 0 fully saturated rings. The van der Waals surface area contributed by atoms with Crippen LogP contribution in [-0.4, -0.2) is 22.6 Å². The number of aryl methyl sites for hydroxylation is 2. The van der Waals surface area contributed by atoms with Crippen molar-refractivity contribution in [3.8, 4) is 5.75 Å². The average Bonchev–Trinajstić information content (AvgIpc) is 2.90. The molecule has 4 heteroatoms. The largest absolute Gasteiger partial charge is 0.493 e. The molecule has 0 saturated carbocycles. The van der Waals surface area contributed by atoms with Crippen LogP contribution >= 0.6 is 0 Å². The lowest BCUT2D eigenvalue weighted by Gasteiger charge is -2.21. The van der Waals surface area contributed by atoms with Crippen molar-refractivity contribution in [1.29, 1.82) is 0 Å². The quantitative estimate of drug-likeness (QED) is 0.935. The molecule has 1 aliphatic rings. The fraction of sp³-hybridized carbons (Fsp3) is 0.412. The van der Waals surface area contributed by atoms with Gasteiger partial charge in [0, 0.05) is 29.3 Å². The molecule has 0 amide bonds. The van der Waals surface area contributed by atoms with Crippen molar-refractivity contribution in [2.75, 3.05) is 11.9 Å². The first-order valence-electron chi connectivity index (χ1n) is 7.50. The van der Waals surface area contributed by atoms with Crippen molar-refractivity contribution < 1.29 is 4.74 Å². The van der Waals surface area contributed by atoms with Crippen LogP contribution in [0.3, 0.4) is 0 Å². The lowest BCUT2D eigenvalue weighted by molar-refractivity contribution is 0.322. The normalized spacial score (nSPS) is 18.0. The highest BCUT2D eigenvalue weighted by atomic mass is 16.5. The lowest BCUT2D eigenvalue weighted by Crippen LogP contribution is -2.26. The summed E-state index contributed by atoms with van der Waals surface area (Å²) < 4.78 is 5.77. The van der Waals surface area contributed by atoms with Gasteiger partial charge >= 0.3 is 0 Å². The summed E-state index contributed by atoms with van der Waals surface area (Å²) in [5.41, 5.74) is 2.35. The Morgan fingerprint density at radius 2 is 2.14 bits per heavy atom. The standard InChI is InChI=1S/C17H21N3O/c1-4-13-9-17(20-12(3)19-13)18-11(2)15-10-21-16-8-6-5-7-14(15)16/h5-9,11,15H,4,10H2,1-3H3,(H,18,19,20). The Balaban J connectivity index is 1.78. The van der Waals surface area contributed by atoms with Crippen LogP contribution in [0.1, 0.15) is 36.8 Å². The van der Waals surface area contributed by atoms with Crippen molar-refractivity contribution in [3.63, 3.8) is 0 Å². The van der Waals surface area contributed by atoms with Gasteiger partial charge in [0.15, 0.2) is 0 Å². The van der Waals surface area contributed by atoms with E-state index in [1.54, 1.807) is 0 Å². The number of aromatic nitrogens is 2. The maximum Gasteiger partial charge on any atom is 0.130 e. The molecule has 2 atom stereocenters. The van der Waals surface area contributed by atoms with E-state index >= 15 is 0 Å². The van der Waals surface area contributed by atoms with Gasteiger partial charge in [0.05, 0.1) is 6.61 Å². The predicted octanol–water partition coefficient (Wildman–Crippen LogP) is 3.32. The maximum atomic E-state index is 5.77. The molecule has 1 aliphatic heterocycles. The Kier molecular flexibility index (Phi) is 3.78. The fourth-order valence-corrected chi connectivity index (χ4v) is 2.82. The van der Waals surface area contributed by atoms with Crippen LogP contribution in [0.15, 0.2) is 30.3 Å². The topological polar surface area (TPSA) is 47.0 Å². The molecule has 21 heavy (non-hydrogen) atoms. The maximum absolute atomic E-state index is 5.77. The van der Waals surface area contributed by atoms with E-state index < -0.39 is 0 Å². The van der Waals surface area contributed by atoms with Gasteiger partial charge in [-0.1, -0.05) is 25.1 Å². The number of fused-ring (bicyclic) bond motifs is 1. The smallest absolute Gasteiger partial charge is 0.130 e. The number of hydrogen-bond donors (Lipinski definition) is 1. The Morgan fingerprint density at radius 3 is 2.95 bits per heavy atom. The molecule has 1 aromatic heterocycles. The molecule has 4 nitrogen and oxygen atoms in total. The number of nitrogens with zero attached hydrogens (tertiary/aromatic N) is 2. The van der Waals surface area contributed by atoms with Crippen LogP contribution in [-0.2, 0) is 6.42 Å². The third-order valence-electron chi connectivity index (χ3n) is 3.97.